The summed E-state index contributed by atoms with van der Waals surface area (Å²) in [4.78, 5) is 12.0. The topological polar surface area (TPSA) is 55.1 Å². The van der Waals surface area contributed by atoms with Crippen LogP contribution in [-0.4, -0.2) is 18.5 Å². The molecular formula is C13H14BrF3N2O. The Bertz CT molecular complexity index is 515. The summed E-state index contributed by atoms with van der Waals surface area (Å²) < 4.78 is 38.2. The maximum absolute atomic E-state index is 12.8. The molecule has 0 bridgehead atoms. The van der Waals surface area contributed by atoms with Gasteiger partial charge in [0.2, 0.25) is 0 Å². The van der Waals surface area contributed by atoms with E-state index in [1.807, 2.05) is 0 Å². The monoisotopic (exact) mass is 350 g/mol. The van der Waals surface area contributed by atoms with E-state index in [4.69, 9.17) is 5.73 Å². The summed E-state index contributed by atoms with van der Waals surface area (Å²) in [5, 5.41) is 2.70. The second-order valence-corrected chi connectivity index (χ2v) is 5.70. The number of hydrogen-bond donors (Lipinski definition) is 2. The van der Waals surface area contributed by atoms with Crippen LogP contribution in [-0.2, 0) is 6.18 Å². The first-order valence-electron chi connectivity index (χ1n) is 6.20. The lowest BCUT2D eigenvalue weighted by Gasteiger charge is -2.17. The molecule has 1 aliphatic rings. The van der Waals surface area contributed by atoms with E-state index < -0.39 is 17.6 Å². The molecule has 0 aliphatic heterocycles. The van der Waals surface area contributed by atoms with Gasteiger partial charge < -0.3 is 11.1 Å². The quantitative estimate of drug-likeness (QED) is 0.877. The van der Waals surface area contributed by atoms with Crippen molar-refractivity contribution >= 4 is 21.8 Å². The van der Waals surface area contributed by atoms with Crippen molar-refractivity contribution in [2.75, 3.05) is 6.54 Å². The average molecular weight is 351 g/mol. The molecule has 1 aromatic carbocycles. The molecule has 110 valence electrons. The molecule has 0 saturated heterocycles. The predicted molar refractivity (Wildman–Crippen MR) is 72.2 cm³/mol. The van der Waals surface area contributed by atoms with Crippen LogP contribution in [0.4, 0.5) is 13.2 Å². The molecule has 3 N–H and O–H groups in total. The molecule has 0 spiro atoms. The van der Waals surface area contributed by atoms with Crippen molar-refractivity contribution in [2.24, 2.45) is 11.7 Å². The van der Waals surface area contributed by atoms with E-state index in [1.165, 1.54) is 12.1 Å². The highest BCUT2D eigenvalue weighted by molar-refractivity contribution is 9.10. The van der Waals surface area contributed by atoms with Gasteiger partial charge >= 0.3 is 6.18 Å². The zero-order valence-electron chi connectivity index (χ0n) is 10.5. The number of hydrogen-bond acceptors (Lipinski definition) is 2. The molecule has 7 heteroatoms. The fourth-order valence-electron chi connectivity index (χ4n) is 2.00. The number of nitrogens with two attached hydrogens (primary N) is 1. The van der Waals surface area contributed by atoms with Gasteiger partial charge in [-0.2, -0.15) is 13.2 Å². The van der Waals surface area contributed by atoms with Gasteiger partial charge in [-0.15, -0.1) is 0 Å². The minimum atomic E-state index is -4.50. The van der Waals surface area contributed by atoms with Gasteiger partial charge in [0.1, 0.15) is 0 Å². The molecule has 1 atom stereocenters. The molecule has 1 aliphatic carbocycles. The Balaban J connectivity index is 2.17. The number of nitrogens with one attached hydrogen (secondary N) is 1. The van der Waals surface area contributed by atoms with Crippen LogP contribution in [0.1, 0.15) is 28.8 Å². The first-order chi connectivity index (χ1) is 9.32. The zero-order chi connectivity index (χ0) is 14.9. The third kappa shape index (κ3) is 3.52. The maximum atomic E-state index is 12.8. The molecule has 1 unspecified atom stereocenters. The van der Waals surface area contributed by atoms with Crippen LogP contribution in [0.15, 0.2) is 22.7 Å². The molecule has 0 radical (unpaired) electrons. The Morgan fingerprint density at radius 1 is 1.45 bits per heavy atom. The molecule has 3 nitrogen and oxygen atoms in total. The number of rotatable bonds is 4. The summed E-state index contributed by atoms with van der Waals surface area (Å²) in [6, 6.07) is 3.27. The van der Waals surface area contributed by atoms with Gasteiger partial charge in [-0.05, 0) is 37.0 Å². The van der Waals surface area contributed by atoms with Crippen LogP contribution in [0.25, 0.3) is 0 Å². The van der Waals surface area contributed by atoms with Crippen molar-refractivity contribution in [1.82, 2.24) is 5.32 Å². The molecule has 0 heterocycles. The Labute approximate surface area is 122 Å². The highest BCUT2D eigenvalue weighted by atomic mass is 79.9. The molecule has 0 aromatic heterocycles. The first-order valence-corrected chi connectivity index (χ1v) is 7.00. The van der Waals surface area contributed by atoms with Gasteiger partial charge in [-0.1, -0.05) is 15.9 Å². The lowest BCUT2D eigenvalue weighted by Crippen LogP contribution is -2.41. The average Bonchev–Trinajstić information content (AvgIpc) is 3.19. The SMILES string of the molecule is NCC(NC(=O)c1ccc(Br)c(C(F)(F)F)c1)C1CC1. The summed E-state index contributed by atoms with van der Waals surface area (Å²) in [5.41, 5.74) is 4.69. The normalized spacial score (nSPS) is 16.9. The molecule has 20 heavy (non-hydrogen) atoms. The van der Waals surface area contributed by atoms with Gasteiger partial charge in [-0.3, -0.25) is 4.79 Å². The summed E-state index contributed by atoms with van der Waals surface area (Å²) in [6.45, 7) is 0.291. The number of halogens is 4. The molecule has 1 amide bonds. The smallest absolute Gasteiger partial charge is 0.348 e. The van der Waals surface area contributed by atoms with Crippen molar-refractivity contribution in [3.8, 4) is 0 Å². The van der Waals surface area contributed by atoms with Gasteiger partial charge in [0.15, 0.2) is 0 Å². The third-order valence-electron chi connectivity index (χ3n) is 3.30. The van der Waals surface area contributed by atoms with Gasteiger partial charge in [-0.25, -0.2) is 0 Å². The van der Waals surface area contributed by atoms with E-state index in [2.05, 4.69) is 21.2 Å². The van der Waals surface area contributed by atoms with Crippen molar-refractivity contribution in [1.29, 1.82) is 0 Å². The van der Waals surface area contributed by atoms with E-state index >= 15 is 0 Å². The largest absolute Gasteiger partial charge is 0.417 e. The highest BCUT2D eigenvalue weighted by Gasteiger charge is 2.34. The fourth-order valence-corrected chi connectivity index (χ4v) is 2.47. The van der Waals surface area contributed by atoms with Crippen LogP contribution in [0.5, 0.6) is 0 Å². The van der Waals surface area contributed by atoms with E-state index in [0.29, 0.717) is 12.5 Å². The maximum Gasteiger partial charge on any atom is 0.417 e. The highest BCUT2D eigenvalue weighted by Crippen LogP contribution is 2.35. The van der Waals surface area contributed by atoms with Crippen LogP contribution in [0.2, 0.25) is 0 Å². The van der Waals surface area contributed by atoms with Crippen LogP contribution >= 0.6 is 15.9 Å². The van der Waals surface area contributed by atoms with E-state index in [1.54, 1.807) is 0 Å². The van der Waals surface area contributed by atoms with Crippen molar-refractivity contribution in [3.05, 3.63) is 33.8 Å². The number of alkyl halides is 3. The van der Waals surface area contributed by atoms with Crippen molar-refractivity contribution < 1.29 is 18.0 Å². The molecule has 1 saturated carbocycles. The summed E-state index contributed by atoms with van der Waals surface area (Å²) >= 11 is 2.84. The molecule has 2 rings (SSSR count). The van der Waals surface area contributed by atoms with E-state index in [9.17, 15) is 18.0 Å². The van der Waals surface area contributed by atoms with Gasteiger partial charge in [0.05, 0.1) is 5.56 Å². The number of carbonyl (C=O) groups excluding carboxylic acids is 1. The Morgan fingerprint density at radius 2 is 2.10 bits per heavy atom. The minimum absolute atomic E-state index is 0.0142. The number of benzene rings is 1. The van der Waals surface area contributed by atoms with Gasteiger partial charge in [0.25, 0.3) is 5.91 Å². The summed E-state index contributed by atoms with van der Waals surface area (Å²) in [7, 11) is 0. The number of carbonyl (C=O) groups is 1. The predicted octanol–water partition coefficient (Wildman–Crippen LogP) is 2.94. The van der Waals surface area contributed by atoms with E-state index in [0.717, 1.165) is 18.9 Å². The Morgan fingerprint density at radius 3 is 2.60 bits per heavy atom. The lowest BCUT2D eigenvalue weighted by molar-refractivity contribution is -0.138. The van der Waals surface area contributed by atoms with Crippen molar-refractivity contribution in [3.63, 3.8) is 0 Å². The second kappa shape index (κ2) is 5.73. The Kier molecular flexibility index (Phi) is 4.39. The molecule has 1 aromatic rings. The van der Waals surface area contributed by atoms with E-state index in [-0.39, 0.29) is 16.1 Å². The second-order valence-electron chi connectivity index (χ2n) is 4.85. The van der Waals surface area contributed by atoms with Crippen LogP contribution in [0.3, 0.4) is 0 Å². The molecule has 1 fully saturated rings. The third-order valence-corrected chi connectivity index (χ3v) is 3.99. The summed E-state index contributed by atoms with van der Waals surface area (Å²) in [5.74, 6) is -0.174. The lowest BCUT2D eigenvalue weighted by atomic mass is 10.1. The van der Waals surface area contributed by atoms with Gasteiger partial charge in [0, 0.05) is 22.6 Å². The van der Waals surface area contributed by atoms with Crippen LogP contribution in [0, 0.1) is 5.92 Å². The first kappa shape index (κ1) is 15.3. The fraction of sp³-hybridized carbons (Fsp3) is 0.462. The zero-order valence-corrected chi connectivity index (χ0v) is 12.1. The number of amides is 1. The standard InChI is InChI=1S/C13H14BrF3N2O/c14-10-4-3-8(5-9(10)13(15,16)17)12(20)19-11(6-18)7-1-2-7/h3-5,7,11H,1-2,6,18H2,(H,19,20). The molecular weight excluding hydrogens is 337 g/mol. The van der Waals surface area contributed by atoms with Crippen LogP contribution < -0.4 is 11.1 Å². The minimum Gasteiger partial charge on any atom is -0.348 e. The van der Waals surface area contributed by atoms with Crippen molar-refractivity contribution in [2.45, 2.75) is 25.1 Å². The Hall–Kier alpha value is -1.08. The summed E-state index contributed by atoms with van der Waals surface area (Å²) in [6.07, 6.45) is -2.51.